The lowest BCUT2D eigenvalue weighted by molar-refractivity contribution is 0.00739. The summed E-state index contributed by atoms with van der Waals surface area (Å²) in [4.78, 5) is 3.58. The van der Waals surface area contributed by atoms with Crippen molar-refractivity contribution < 1.29 is 4.79 Å². The quantitative estimate of drug-likeness (QED) is 0.0216. The van der Waals surface area contributed by atoms with Crippen LogP contribution in [0.4, 0.5) is 0 Å². The van der Waals surface area contributed by atoms with Crippen LogP contribution in [0.2, 0.25) is 0 Å². The molecule has 0 bridgehead atoms. The van der Waals surface area contributed by atoms with Gasteiger partial charge in [-0.15, -0.1) is 4.79 Å². The van der Waals surface area contributed by atoms with Crippen LogP contribution in [0, 0.1) is 0 Å². The van der Waals surface area contributed by atoms with Crippen LogP contribution in [0.5, 0.6) is 0 Å². The van der Waals surface area contributed by atoms with Crippen LogP contribution in [0.25, 0.3) is 11.1 Å². The van der Waals surface area contributed by atoms with E-state index >= 15 is 0 Å². The molecule has 2 nitrogen and oxygen atoms in total. The molecule has 0 aliphatic heterocycles. The lowest BCUT2D eigenvalue weighted by Crippen LogP contribution is -2.02. The molecule has 0 saturated heterocycles. The first-order valence-electron chi connectivity index (χ1n) is 24.6. The van der Waals surface area contributed by atoms with Gasteiger partial charge in [0.05, 0.1) is 5.57 Å². The van der Waals surface area contributed by atoms with E-state index in [0.29, 0.717) is 0 Å². The Balaban J connectivity index is 2.09. The smallest absolute Gasteiger partial charge is 0.303 e. The van der Waals surface area contributed by atoms with Crippen LogP contribution in [-0.2, 0) is 12.8 Å². The molecule has 0 unspecified atom stereocenters. The van der Waals surface area contributed by atoms with Crippen LogP contribution in [0.1, 0.15) is 255 Å². The molecule has 56 heavy (non-hydrogen) atoms. The molecule has 0 atom stereocenters. The Morgan fingerprint density at radius 1 is 0.429 bits per heavy atom. The zero-order valence-corrected chi connectivity index (χ0v) is 37.6. The van der Waals surface area contributed by atoms with E-state index in [-0.39, 0.29) is 0 Å². The van der Waals surface area contributed by atoms with E-state index in [1.165, 1.54) is 213 Å². The van der Waals surface area contributed by atoms with Crippen molar-refractivity contribution in [2.24, 2.45) is 0 Å². The van der Waals surface area contributed by atoms with Gasteiger partial charge in [0.1, 0.15) is 0 Å². The summed E-state index contributed by atoms with van der Waals surface area (Å²) in [7, 11) is 0. The van der Waals surface area contributed by atoms with Gasteiger partial charge in [-0.2, -0.15) is 0 Å². The summed E-state index contributed by atoms with van der Waals surface area (Å²) >= 11 is 0. The Hall–Kier alpha value is -2.66. The van der Waals surface area contributed by atoms with Crippen molar-refractivity contribution in [3.05, 3.63) is 87.5 Å². The first kappa shape index (κ1) is 49.5. The van der Waals surface area contributed by atoms with Gasteiger partial charge in [-0.1, -0.05) is 243 Å². The number of nitrogens with zero attached hydrogens (tertiary/aromatic N) is 2. The molecule has 0 N–H and O–H groups in total. The SMILES string of the molecule is CCCCCCCCCCCCCCCCCCCCC(=C=[N+]=[N-])C(CCCCCC)=C(c1ccc(CCCC)cc1)c1cccc(CCCCCCCC)c1. The van der Waals surface area contributed by atoms with Gasteiger partial charge in [0.15, 0.2) is 0 Å². The second-order valence-electron chi connectivity index (χ2n) is 17.1. The fraction of sp³-hybridized carbons (Fsp3) is 0.704. The van der Waals surface area contributed by atoms with Gasteiger partial charge in [0.25, 0.3) is 0 Å². The number of hydrogen-bond donors (Lipinski definition) is 0. The lowest BCUT2D eigenvalue weighted by Gasteiger charge is -2.19. The fourth-order valence-electron chi connectivity index (χ4n) is 8.42. The van der Waals surface area contributed by atoms with Crippen molar-refractivity contribution in [1.29, 1.82) is 0 Å². The van der Waals surface area contributed by atoms with Crippen LogP contribution in [0.3, 0.4) is 0 Å². The largest absolute Gasteiger partial charge is 0.348 e. The molecule has 0 heterocycles. The minimum Gasteiger partial charge on any atom is -0.348 e. The number of rotatable bonds is 37. The zero-order chi connectivity index (χ0) is 40.2. The zero-order valence-electron chi connectivity index (χ0n) is 37.6. The molecule has 0 radical (unpaired) electrons. The summed E-state index contributed by atoms with van der Waals surface area (Å²) in [6.07, 6.45) is 44.3. The van der Waals surface area contributed by atoms with E-state index in [1.54, 1.807) is 0 Å². The van der Waals surface area contributed by atoms with E-state index in [1.807, 2.05) is 0 Å². The lowest BCUT2D eigenvalue weighted by atomic mass is 9.84. The minimum absolute atomic E-state index is 0.918. The van der Waals surface area contributed by atoms with E-state index in [2.05, 4.69) is 86.9 Å². The molecule has 0 saturated carbocycles. The summed E-state index contributed by atoms with van der Waals surface area (Å²) < 4.78 is 0. The molecular formula is C54H88N2. The third-order valence-corrected chi connectivity index (χ3v) is 12.0. The molecule has 0 amide bonds. The Morgan fingerprint density at radius 2 is 0.857 bits per heavy atom. The third-order valence-electron chi connectivity index (χ3n) is 12.0. The highest BCUT2D eigenvalue weighted by Crippen LogP contribution is 2.36. The molecule has 0 aliphatic carbocycles. The van der Waals surface area contributed by atoms with E-state index < -0.39 is 0 Å². The van der Waals surface area contributed by atoms with E-state index in [0.717, 1.165) is 44.1 Å². The predicted molar refractivity (Wildman–Crippen MR) is 249 cm³/mol. The fourth-order valence-corrected chi connectivity index (χ4v) is 8.42. The van der Waals surface area contributed by atoms with Gasteiger partial charge in [0.2, 0.25) is 0 Å². The first-order chi connectivity index (χ1) is 27.7. The minimum atomic E-state index is 0.918. The average molecular weight is 765 g/mol. The maximum atomic E-state index is 9.98. The average Bonchev–Trinajstić information content (AvgIpc) is 3.22. The number of unbranched alkanes of at least 4 members (excludes halogenated alkanes) is 26. The molecule has 0 aliphatic rings. The van der Waals surface area contributed by atoms with Crippen molar-refractivity contribution >= 4 is 11.4 Å². The molecule has 314 valence electrons. The van der Waals surface area contributed by atoms with Crippen LogP contribution >= 0.6 is 0 Å². The molecule has 0 aromatic heterocycles. The van der Waals surface area contributed by atoms with Crippen LogP contribution in [0.15, 0.2) is 59.7 Å². The number of benzene rings is 2. The Morgan fingerprint density at radius 3 is 1.36 bits per heavy atom. The van der Waals surface area contributed by atoms with Gasteiger partial charge in [0, 0.05) is 0 Å². The molecule has 2 aromatic carbocycles. The maximum Gasteiger partial charge on any atom is 0.303 e. The monoisotopic (exact) mass is 765 g/mol. The van der Waals surface area contributed by atoms with Crippen molar-refractivity contribution in [3.63, 3.8) is 0 Å². The summed E-state index contributed by atoms with van der Waals surface area (Å²) in [5.41, 5.74) is 19.2. The number of hydrogen-bond acceptors (Lipinski definition) is 0. The van der Waals surface area contributed by atoms with Gasteiger partial charge in [-0.3, -0.25) is 0 Å². The maximum absolute atomic E-state index is 9.98. The summed E-state index contributed by atoms with van der Waals surface area (Å²) in [5.74, 6) is 3.15. The van der Waals surface area contributed by atoms with Gasteiger partial charge >= 0.3 is 5.87 Å². The van der Waals surface area contributed by atoms with Crippen molar-refractivity contribution in [2.45, 2.75) is 246 Å². The Kier molecular flexibility index (Phi) is 31.4. The first-order valence-corrected chi connectivity index (χ1v) is 24.6. The van der Waals surface area contributed by atoms with Crippen molar-refractivity contribution in [1.82, 2.24) is 0 Å². The second kappa shape index (κ2) is 35.5. The predicted octanol–water partition coefficient (Wildman–Crippen LogP) is 18.0. The molecular weight excluding hydrogens is 677 g/mol. The highest BCUT2D eigenvalue weighted by atomic mass is 14.8. The highest BCUT2D eigenvalue weighted by molar-refractivity contribution is 5.87. The summed E-state index contributed by atoms with van der Waals surface area (Å²) in [6.45, 7) is 9.16. The molecule has 2 aromatic rings. The molecule has 0 spiro atoms. The van der Waals surface area contributed by atoms with E-state index in [9.17, 15) is 5.53 Å². The van der Waals surface area contributed by atoms with Gasteiger partial charge < -0.3 is 5.53 Å². The van der Waals surface area contributed by atoms with Crippen molar-refractivity contribution in [2.75, 3.05) is 0 Å². The Bertz CT molecular complexity index is 1340. The normalized spacial score (nSPS) is 11.7. The second-order valence-corrected chi connectivity index (χ2v) is 17.1. The van der Waals surface area contributed by atoms with Gasteiger partial charge in [-0.05, 0) is 84.8 Å². The summed E-state index contributed by atoms with van der Waals surface area (Å²) in [5, 5.41) is 0. The van der Waals surface area contributed by atoms with Crippen LogP contribution < -0.4 is 0 Å². The van der Waals surface area contributed by atoms with E-state index in [4.69, 9.17) is 0 Å². The topological polar surface area (TPSA) is 36.4 Å². The number of allylic oxidation sites excluding steroid dienone is 2. The highest BCUT2D eigenvalue weighted by Gasteiger charge is 2.19. The molecule has 0 fully saturated rings. The van der Waals surface area contributed by atoms with Crippen LogP contribution in [-0.4, -0.2) is 10.7 Å². The number of aryl methyl sites for hydroxylation is 2. The molecule has 2 rings (SSSR count). The summed E-state index contributed by atoms with van der Waals surface area (Å²) in [6, 6.07) is 18.8. The molecule has 2 heteroatoms. The van der Waals surface area contributed by atoms with Gasteiger partial charge in [-0.25, -0.2) is 0 Å². The third kappa shape index (κ3) is 23.5. The van der Waals surface area contributed by atoms with Crippen molar-refractivity contribution in [3.8, 4) is 0 Å². The Labute approximate surface area is 348 Å². The standard InChI is InChI=1S/C54H88N2/c1-5-9-13-16-18-19-20-21-22-23-24-25-26-27-28-29-31-33-39-52(47-56-55)53(41-34-15-11-7-3)54(50-44-42-48(43-45-50)36-12-8-4)51-40-35-38-49(46-51)37-32-30-17-14-10-6-2/h35,38,40,42-46H,5-34,36-37,39,41H2,1-4H3.